The average Bonchev–Trinajstić information content (AvgIpc) is 3.43. The number of nitrogens with one attached hydrogen (secondary N) is 1. The van der Waals surface area contributed by atoms with Gasteiger partial charge >= 0.3 is 0 Å². The number of carbonyl (C=O) groups excluding carboxylic acids is 1. The Bertz CT molecular complexity index is 1080. The van der Waals surface area contributed by atoms with Crippen LogP contribution in [0, 0.1) is 6.92 Å². The van der Waals surface area contributed by atoms with Gasteiger partial charge in [-0.25, -0.2) is 0 Å². The van der Waals surface area contributed by atoms with Gasteiger partial charge in [0.1, 0.15) is 5.82 Å². The molecule has 2 heterocycles. The van der Waals surface area contributed by atoms with Crippen LogP contribution in [0.3, 0.4) is 0 Å². The Morgan fingerprint density at radius 2 is 1.77 bits per heavy atom. The van der Waals surface area contributed by atoms with Crippen LogP contribution in [-0.4, -0.2) is 26.4 Å². The fourth-order valence-corrected chi connectivity index (χ4v) is 4.77. The summed E-state index contributed by atoms with van der Waals surface area (Å²) >= 11 is 3.05. The third-order valence-electron chi connectivity index (χ3n) is 4.68. The molecular weight excluding hydrogens is 412 g/mol. The number of hydrogen-bond acceptors (Lipinski definition) is 5. The highest BCUT2D eigenvalue weighted by Crippen LogP contribution is 2.26. The zero-order valence-corrected chi connectivity index (χ0v) is 18.2. The van der Waals surface area contributed by atoms with Gasteiger partial charge in [0.2, 0.25) is 5.91 Å². The van der Waals surface area contributed by atoms with Crippen molar-refractivity contribution in [3.63, 3.8) is 0 Å². The minimum absolute atomic E-state index is 0.0332. The maximum absolute atomic E-state index is 12.8. The van der Waals surface area contributed by atoms with Gasteiger partial charge in [-0.2, -0.15) is 0 Å². The van der Waals surface area contributed by atoms with E-state index in [9.17, 15) is 4.79 Å². The molecule has 1 amide bonds. The number of hydrogen-bond donors (Lipinski definition) is 1. The summed E-state index contributed by atoms with van der Waals surface area (Å²) in [5.41, 5.74) is 2.25. The fraction of sp³-hybridized carbons (Fsp3) is 0.174. The Labute approximate surface area is 184 Å². The number of carbonyl (C=O) groups is 1. The molecule has 0 aliphatic rings. The number of benzene rings is 2. The lowest BCUT2D eigenvalue weighted by Crippen LogP contribution is -2.30. The van der Waals surface area contributed by atoms with Crippen LogP contribution in [0.2, 0.25) is 0 Å². The van der Waals surface area contributed by atoms with Gasteiger partial charge in [0.15, 0.2) is 5.16 Å². The van der Waals surface area contributed by atoms with E-state index in [-0.39, 0.29) is 17.7 Å². The first kappa shape index (κ1) is 20.4. The highest BCUT2D eigenvalue weighted by atomic mass is 32.2. The Morgan fingerprint density at radius 3 is 2.47 bits per heavy atom. The van der Waals surface area contributed by atoms with Gasteiger partial charge < -0.3 is 9.88 Å². The molecule has 0 aliphatic carbocycles. The van der Waals surface area contributed by atoms with Crippen LogP contribution in [0.1, 0.15) is 27.9 Å². The lowest BCUT2D eigenvalue weighted by molar-refractivity contribution is -0.119. The van der Waals surface area contributed by atoms with E-state index in [1.165, 1.54) is 17.3 Å². The highest BCUT2D eigenvalue weighted by Gasteiger charge is 2.19. The second kappa shape index (κ2) is 9.73. The maximum Gasteiger partial charge on any atom is 0.231 e. The normalized spacial score (nSPS) is 11.9. The lowest BCUT2D eigenvalue weighted by Gasteiger charge is -2.18. The zero-order chi connectivity index (χ0) is 20.8. The number of aryl methyl sites for hydroxylation is 1. The molecule has 0 saturated heterocycles. The van der Waals surface area contributed by atoms with Crippen molar-refractivity contribution in [1.82, 2.24) is 20.1 Å². The molecule has 0 radical (unpaired) electrons. The van der Waals surface area contributed by atoms with E-state index in [1.54, 1.807) is 11.3 Å². The quantitative estimate of drug-likeness (QED) is 0.409. The first-order valence-electron chi connectivity index (χ1n) is 9.65. The van der Waals surface area contributed by atoms with Gasteiger partial charge in [-0.1, -0.05) is 78.5 Å². The molecule has 0 aliphatic heterocycles. The van der Waals surface area contributed by atoms with Crippen molar-refractivity contribution >= 4 is 29.0 Å². The predicted octanol–water partition coefficient (Wildman–Crippen LogP) is 4.69. The summed E-state index contributed by atoms with van der Waals surface area (Å²) in [5, 5.41) is 14.4. The third kappa shape index (κ3) is 4.98. The summed E-state index contributed by atoms with van der Waals surface area (Å²) in [6, 6.07) is 24.1. The molecule has 2 aromatic heterocycles. The molecule has 0 spiro atoms. The summed E-state index contributed by atoms with van der Waals surface area (Å²) in [6.45, 7) is 2.62. The van der Waals surface area contributed by atoms with Crippen LogP contribution >= 0.6 is 23.1 Å². The molecule has 152 valence electrons. The van der Waals surface area contributed by atoms with Crippen molar-refractivity contribution in [3.05, 3.63) is 100 Å². The number of rotatable bonds is 8. The minimum atomic E-state index is -0.150. The number of thiophene rings is 1. The summed E-state index contributed by atoms with van der Waals surface area (Å²) in [6.07, 6.45) is 0. The maximum atomic E-state index is 12.8. The first-order valence-corrected chi connectivity index (χ1v) is 11.5. The molecular formula is C23H22N4OS2. The number of amides is 1. The topological polar surface area (TPSA) is 59.8 Å². The predicted molar refractivity (Wildman–Crippen MR) is 122 cm³/mol. The van der Waals surface area contributed by atoms with Crippen molar-refractivity contribution in [2.45, 2.75) is 24.7 Å². The van der Waals surface area contributed by atoms with Crippen LogP contribution < -0.4 is 5.32 Å². The highest BCUT2D eigenvalue weighted by molar-refractivity contribution is 7.99. The van der Waals surface area contributed by atoms with Crippen LogP contribution in [-0.2, 0) is 11.3 Å². The van der Waals surface area contributed by atoms with E-state index in [1.807, 2.05) is 71.5 Å². The van der Waals surface area contributed by atoms with E-state index >= 15 is 0 Å². The van der Waals surface area contributed by atoms with Crippen LogP contribution in [0.15, 0.2) is 83.3 Å². The SMILES string of the molecule is Cc1nnc(SCC(=O)N[C@H](c2ccccc2)c2cccs2)n1Cc1ccccc1. The van der Waals surface area contributed by atoms with Crippen molar-refractivity contribution < 1.29 is 4.79 Å². The third-order valence-corrected chi connectivity index (χ3v) is 6.59. The molecule has 2 aromatic carbocycles. The molecule has 1 atom stereocenters. The molecule has 0 saturated carbocycles. The largest absolute Gasteiger partial charge is 0.344 e. The molecule has 4 aromatic rings. The van der Waals surface area contributed by atoms with Crippen molar-refractivity contribution in [1.29, 1.82) is 0 Å². The van der Waals surface area contributed by atoms with E-state index in [0.29, 0.717) is 6.54 Å². The molecule has 7 heteroatoms. The molecule has 0 unspecified atom stereocenters. The Balaban J connectivity index is 1.43. The molecule has 5 nitrogen and oxygen atoms in total. The molecule has 4 rings (SSSR count). The number of aromatic nitrogens is 3. The fourth-order valence-electron chi connectivity index (χ4n) is 3.17. The van der Waals surface area contributed by atoms with Crippen LogP contribution in [0.5, 0.6) is 0 Å². The molecule has 30 heavy (non-hydrogen) atoms. The monoisotopic (exact) mass is 434 g/mol. The molecule has 0 fully saturated rings. The van der Waals surface area contributed by atoms with E-state index in [4.69, 9.17) is 0 Å². The lowest BCUT2D eigenvalue weighted by atomic mass is 10.1. The van der Waals surface area contributed by atoms with Crippen molar-refractivity contribution in [2.24, 2.45) is 0 Å². The van der Waals surface area contributed by atoms with Gasteiger partial charge in [-0.05, 0) is 29.5 Å². The van der Waals surface area contributed by atoms with Gasteiger partial charge in [0.25, 0.3) is 0 Å². The second-order valence-electron chi connectivity index (χ2n) is 6.82. The summed E-state index contributed by atoms with van der Waals surface area (Å²) < 4.78 is 2.04. The van der Waals surface area contributed by atoms with Gasteiger partial charge in [0.05, 0.1) is 18.3 Å². The number of thioether (sulfide) groups is 1. The Hall–Kier alpha value is -2.90. The Morgan fingerprint density at radius 1 is 1.03 bits per heavy atom. The molecule has 0 bridgehead atoms. The smallest absolute Gasteiger partial charge is 0.231 e. The van der Waals surface area contributed by atoms with Gasteiger partial charge in [0, 0.05) is 4.88 Å². The average molecular weight is 435 g/mol. The van der Waals surface area contributed by atoms with Gasteiger partial charge in [-0.3, -0.25) is 4.79 Å². The Kier molecular flexibility index (Phi) is 6.61. The minimum Gasteiger partial charge on any atom is -0.344 e. The van der Waals surface area contributed by atoms with Gasteiger partial charge in [-0.15, -0.1) is 21.5 Å². The van der Waals surface area contributed by atoms with Crippen molar-refractivity contribution in [3.8, 4) is 0 Å². The second-order valence-corrected chi connectivity index (χ2v) is 8.74. The van der Waals surface area contributed by atoms with Crippen molar-refractivity contribution in [2.75, 3.05) is 5.75 Å². The molecule has 1 N–H and O–H groups in total. The number of nitrogens with zero attached hydrogens (tertiary/aromatic N) is 3. The zero-order valence-electron chi connectivity index (χ0n) is 16.6. The first-order chi connectivity index (χ1) is 14.7. The van der Waals surface area contributed by atoms with E-state index in [2.05, 4.69) is 33.7 Å². The van der Waals surface area contributed by atoms with E-state index < -0.39 is 0 Å². The van der Waals surface area contributed by atoms with E-state index in [0.717, 1.165) is 21.4 Å². The van der Waals surface area contributed by atoms with Crippen LogP contribution in [0.25, 0.3) is 0 Å². The standard InChI is InChI=1S/C23H22N4OS2/c1-17-25-26-23(27(17)15-18-9-4-2-5-10-18)30-16-21(28)24-22(20-13-8-14-29-20)19-11-6-3-7-12-19/h2-14,22H,15-16H2,1H3,(H,24,28)/t22-/m1/s1. The summed E-state index contributed by atoms with van der Waals surface area (Å²) in [4.78, 5) is 13.9. The van der Waals surface area contributed by atoms with Crippen LogP contribution in [0.4, 0.5) is 0 Å². The summed E-state index contributed by atoms with van der Waals surface area (Å²) in [5.74, 6) is 1.08. The summed E-state index contributed by atoms with van der Waals surface area (Å²) in [7, 11) is 0.